The Balaban J connectivity index is 1.90. The van der Waals surface area contributed by atoms with Gasteiger partial charge < -0.3 is 10.1 Å². The first kappa shape index (κ1) is 13.0. The highest BCUT2D eigenvalue weighted by molar-refractivity contribution is 7.11. The molecule has 5 heteroatoms. The maximum atomic E-state index is 13.3. The number of nitrogens with one attached hydrogen (secondary N) is 1. The molecule has 96 valence electrons. The van der Waals surface area contributed by atoms with E-state index in [4.69, 9.17) is 4.74 Å². The molecule has 0 unspecified atom stereocenters. The van der Waals surface area contributed by atoms with Crippen LogP contribution in [0.4, 0.5) is 4.39 Å². The molecule has 1 aromatic carbocycles. The van der Waals surface area contributed by atoms with E-state index in [1.54, 1.807) is 29.5 Å². The molecule has 0 radical (unpaired) electrons. The van der Waals surface area contributed by atoms with Gasteiger partial charge in [0.1, 0.15) is 11.6 Å². The van der Waals surface area contributed by atoms with E-state index in [1.807, 2.05) is 6.20 Å². The van der Waals surface area contributed by atoms with Crippen LogP contribution in [-0.2, 0) is 13.2 Å². The summed E-state index contributed by atoms with van der Waals surface area (Å²) < 4.78 is 18.7. The lowest BCUT2D eigenvalue weighted by molar-refractivity contribution is 0.290. The van der Waals surface area contributed by atoms with Crippen molar-refractivity contribution < 1.29 is 9.13 Å². The molecule has 1 N–H and O–H groups in total. The number of hydrogen-bond donors (Lipinski definition) is 1. The summed E-state index contributed by atoms with van der Waals surface area (Å²) >= 11 is 1.58. The van der Waals surface area contributed by atoms with Crippen molar-refractivity contribution in [1.82, 2.24) is 10.3 Å². The third-order valence-corrected chi connectivity index (χ3v) is 3.31. The van der Waals surface area contributed by atoms with Crippen LogP contribution in [0.3, 0.4) is 0 Å². The first-order chi connectivity index (χ1) is 8.79. The molecule has 1 heterocycles. The predicted octanol–water partition coefficient (Wildman–Crippen LogP) is 2.97. The average Bonchev–Trinajstić information content (AvgIpc) is 2.83. The maximum absolute atomic E-state index is 13.3. The van der Waals surface area contributed by atoms with Gasteiger partial charge in [0.2, 0.25) is 0 Å². The lowest BCUT2D eigenvalue weighted by Crippen LogP contribution is -2.10. The Morgan fingerprint density at radius 3 is 3.00 bits per heavy atom. The normalized spacial score (nSPS) is 10.6. The predicted molar refractivity (Wildman–Crippen MR) is 70.2 cm³/mol. The van der Waals surface area contributed by atoms with E-state index in [0.29, 0.717) is 6.61 Å². The first-order valence-corrected chi connectivity index (χ1v) is 6.63. The second-order valence-electron chi connectivity index (χ2n) is 3.72. The number of benzene rings is 1. The molecule has 1 aromatic heterocycles. The fourth-order valence-electron chi connectivity index (χ4n) is 1.45. The van der Waals surface area contributed by atoms with Gasteiger partial charge in [-0.2, -0.15) is 0 Å². The molecular formula is C13H15FN2OS. The van der Waals surface area contributed by atoms with E-state index in [2.05, 4.69) is 17.2 Å². The van der Waals surface area contributed by atoms with Gasteiger partial charge in [0.15, 0.2) is 11.6 Å². The van der Waals surface area contributed by atoms with Gasteiger partial charge in [0.25, 0.3) is 0 Å². The molecular weight excluding hydrogens is 251 g/mol. The molecule has 2 rings (SSSR count). The van der Waals surface area contributed by atoms with Crippen LogP contribution in [0, 0.1) is 5.82 Å². The van der Waals surface area contributed by atoms with E-state index in [-0.39, 0.29) is 11.6 Å². The maximum Gasteiger partial charge on any atom is 0.165 e. The van der Waals surface area contributed by atoms with Crippen molar-refractivity contribution in [2.75, 3.05) is 6.54 Å². The standard InChI is InChI=1S/C13H15FN2OS/c1-2-15-7-10-8-16-13(18-10)9-17-12-6-4-3-5-11(12)14/h3-6,8,15H,2,7,9H2,1H3. The number of ether oxygens (including phenoxy) is 1. The lowest BCUT2D eigenvalue weighted by Gasteiger charge is -2.04. The quantitative estimate of drug-likeness (QED) is 0.873. The second kappa shape index (κ2) is 6.47. The highest BCUT2D eigenvalue weighted by Gasteiger charge is 2.05. The molecule has 0 amide bonds. The molecule has 2 aromatic rings. The van der Waals surface area contributed by atoms with E-state index >= 15 is 0 Å². The van der Waals surface area contributed by atoms with Gasteiger partial charge >= 0.3 is 0 Å². The van der Waals surface area contributed by atoms with Crippen molar-refractivity contribution in [3.63, 3.8) is 0 Å². The van der Waals surface area contributed by atoms with Gasteiger partial charge in [-0.15, -0.1) is 11.3 Å². The lowest BCUT2D eigenvalue weighted by atomic mass is 10.3. The number of halogens is 1. The molecule has 0 aliphatic carbocycles. The SMILES string of the molecule is CCNCc1cnc(COc2ccccc2F)s1. The summed E-state index contributed by atoms with van der Waals surface area (Å²) in [5.41, 5.74) is 0. The zero-order valence-corrected chi connectivity index (χ0v) is 11.0. The molecule has 3 nitrogen and oxygen atoms in total. The Kier molecular flexibility index (Phi) is 4.66. The molecule has 0 saturated heterocycles. The van der Waals surface area contributed by atoms with Crippen LogP contribution in [0.15, 0.2) is 30.5 Å². The third kappa shape index (κ3) is 3.51. The van der Waals surface area contributed by atoms with Gasteiger partial charge in [0.05, 0.1) is 0 Å². The third-order valence-electron chi connectivity index (χ3n) is 2.34. The van der Waals surface area contributed by atoms with Crippen LogP contribution in [0.5, 0.6) is 5.75 Å². The summed E-state index contributed by atoms with van der Waals surface area (Å²) in [4.78, 5) is 5.40. The topological polar surface area (TPSA) is 34.2 Å². The summed E-state index contributed by atoms with van der Waals surface area (Å²) in [6.07, 6.45) is 1.83. The van der Waals surface area contributed by atoms with Gasteiger partial charge in [-0.1, -0.05) is 19.1 Å². The van der Waals surface area contributed by atoms with Crippen LogP contribution < -0.4 is 10.1 Å². The zero-order valence-electron chi connectivity index (χ0n) is 10.1. The van der Waals surface area contributed by atoms with Crippen molar-refractivity contribution in [1.29, 1.82) is 0 Å². The van der Waals surface area contributed by atoms with Crippen LogP contribution in [0.25, 0.3) is 0 Å². The fourth-order valence-corrected chi connectivity index (χ4v) is 2.25. The number of nitrogens with zero attached hydrogens (tertiary/aromatic N) is 1. The van der Waals surface area contributed by atoms with E-state index in [1.165, 1.54) is 6.07 Å². The first-order valence-electron chi connectivity index (χ1n) is 5.81. The van der Waals surface area contributed by atoms with Crippen LogP contribution in [0.1, 0.15) is 16.8 Å². The highest BCUT2D eigenvalue weighted by Crippen LogP contribution is 2.19. The van der Waals surface area contributed by atoms with Crippen molar-refractivity contribution in [3.05, 3.63) is 46.2 Å². The molecule has 0 saturated carbocycles. The second-order valence-corrected chi connectivity index (χ2v) is 4.92. The average molecular weight is 266 g/mol. The minimum atomic E-state index is -0.345. The highest BCUT2D eigenvalue weighted by atomic mass is 32.1. The van der Waals surface area contributed by atoms with Crippen LogP contribution >= 0.6 is 11.3 Å². The molecule has 0 aliphatic rings. The van der Waals surface area contributed by atoms with Crippen molar-refractivity contribution in [2.45, 2.75) is 20.1 Å². The number of aromatic nitrogens is 1. The van der Waals surface area contributed by atoms with Crippen LogP contribution in [-0.4, -0.2) is 11.5 Å². The van der Waals surface area contributed by atoms with Crippen LogP contribution in [0.2, 0.25) is 0 Å². The molecule has 0 spiro atoms. The van der Waals surface area contributed by atoms with Gasteiger partial charge in [-0.25, -0.2) is 9.37 Å². The Morgan fingerprint density at radius 1 is 1.39 bits per heavy atom. The summed E-state index contributed by atoms with van der Waals surface area (Å²) in [5.74, 6) is -0.0807. The molecule has 0 fully saturated rings. The van der Waals surface area contributed by atoms with Crippen molar-refractivity contribution >= 4 is 11.3 Å². The Bertz CT molecular complexity index is 501. The summed E-state index contributed by atoms with van der Waals surface area (Å²) in [6.45, 7) is 4.10. The van der Waals surface area contributed by atoms with E-state index in [9.17, 15) is 4.39 Å². The van der Waals surface area contributed by atoms with Gasteiger partial charge in [0, 0.05) is 17.6 Å². The molecule has 18 heavy (non-hydrogen) atoms. The van der Waals surface area contributed by atoms with Gasteiger partial charge in [-0.05, 0) is 18.7 Å². The molecule has 0 aliphatic heterocycles. The Labute approximate surface area is 110 Å². The Hall–Kier alpha value is -1.46. The minimum Gasteiger partial charge on any atom is -0.483 e. The molecule has 0 atom stereocenters. The molecule has 0 bridgehead atoms. The Morgan fingerprint density at radius 2 is 2.22 bits per heavy atom. The van der Waals surface area contributed by atoms with Crippen molar-refractivity contribution in [3.8, 4) is 5.75 Å². The number of rotatable bonds is 6. The summed E-state index contributed by atoms with van der Waals surface area (Å²) in [6, 6.07) is 6.38. The number of hydrogen-bond acceptors (Lipinski definition) is 4. The fraction of sp³-hybridized carbons (Fsp3) is 0.308. The van der Waals surface area contributed by atoms with Crippen molar-refractivity contribution in [2.24, 2.45) is 0 Å². The summed E-state index contributed by atoms with van der Waals surface area (Å²) in [5, 5.41) is 4.08. The smallest absolute Gasteiger partial charge is 0.165 e. The van der Waals surface area contributed by atoms with E-state index < -0.39 is 0 Å². The largest absolute Gasteiger partial charge is 0.483 e. The minimum absolute atomic E-state index is 0.265. The monoisotopic (exact) mass is 266 g/mol. The number of para-hydroxylation sites is 1. The zero-order chi connectivity index (χ0) is 12.8. The number of thiazole rings is 1. The van der Waals surface area contributed by atoms with E-state index in [0.717, 1.165) is 23.0 Å². The summed E-state index contributed by atoms with van der Waals surface area (Å²) in [7, 11) is 0. The van der Waals surface area contributed by atoms with Gasteiger partial charge in [-0.3, -0.25) is 0 Å².